The first-order valence-corrected chi connectivity index (χ1v) is 10.1. The lowest BCUT2D eigenvalue weighted by Crippen LogP contribution is -2.56. The third-order valence-corrected chi connectivity index (χ3v) is 4.56. The van der Waals surface area contributed by atoms with Gasteiger partial charge in [-0.15, -0.1) is 0 Å². The molecule has 0 aromatic rings. The minimum Gasteiger partial charge on any atom is -0.481 e. The van der Waals surface area contributed by atoms with Crippen molar-refractivity contribution in [2.24, 2.45) is 5.73 Å². The number of rotatable bonds is 14. The van der Waals surface area contributed by atoms with Crippen molar-refractivity contribution < 1.29 is 43.8 Å². The number of nitrogens with one attached hydrogen (secondary N) is 5. The Morgan fingerprint density at radius 2 is 1.61 bits per heavy atom. The summed E-state index contributed by atoms with van der Waals surface area (Å²) >= 11 is 0. The lowest BCUT2D eigenvalue weighted by Gasteiger charge is -2.22. The van der Waals surface area contributed by atoms with Gasteiger partial charge in [-0.2, -0.15) is 0 Å². The van der Waals surface area contributed by atoms with Crippen LogP contribution in [0.15, 0.2) is 0 Å². The van der Waals surface area contributed by atoms with Crippen LogP contribution in [-0.4, -0.2) is 89.4 Å². The number of aliphatic carboxylic acids is 2. The Bertz CT molecular complexity index is 781. The Hall–Kier alpha value is -3.75. The Morgan fingerprint density at radius 3 is 2.15 bits per heavy atom. The van der Waals surface area contributed by atoms with Crippen LogP contribution in [-0.2, 0) is 33.6 Å². The molecule has 1 rings (SSSR count). The summed E-state index contributed by atoms with van der Waals surface area (Å²) in [6, 6.07) is -3.45. The van der Waals surface area contributed by atoms with Gasteiger partial charge >= 0.3 is 11.9 Å². The predicted octanol–water partition coefficient (Wildman–Crippen LogP) is -4.23. The molecule has 9 N–H and O–H groups in total. The Labute approximate surface area is 188 Å². The maximum atomic E-state index is 12.6. The van der Waals surface area contributed by atoms with Gasteiger partial charge in [0.1, 0.15) is 18.6 Å². The largest absolute Gasteiger partial charge is 0.481 e. The molecule has 15 heteroatoms. The van der Waals surface area contributed by atoms with E-state index in [-0.39, 0.29) is 12.8 Å². The SMILES string of the molecule is NC(=O)CC[C@H](NC(=O)CNC(=O)[C@@H]1CCCN1)C(=O)N[C@@H](CC(=O)O)C(=O)NCC(=O)O. The zero-order valence-electron chi connectivity index (χ0n) is 17.7. The van der Waals surface area contributed by atoms with E-state index >= 15 is 0 Å². The van der Waals surface area contributed by atoms with E-state index in [0.29, 0.717) is 13.0 Å². The molecular formula is C18H28N6O9. The zero-order chi connectivity index (χ0) is 25.0. The van der Waals surface area contributed by atoms with Gasteiger partial charge in [0.25, 0.3) is 0 Å². The van der Waals surface area contributed by atoms with E-state index in [1.165, 1.54) is 0 Å². The second kappa shape index (κ2) is 13.6. The van der Waals surface area contributed by atoms with Crippen molar-refractivity contribution in [3.8, 4) is 0 Å². The van der Waals surface area contributed by atoms with Crippen LogP contribution in [0.4, 0.5) is 0 Å². The fraction of sp³-hybridized carbons (Fsp3) is 0.611. The molecule has 0 aliphatic carbocycles. The van der Waals surface area contributed by atoms with Crippen LogP contribution in [0.2, 0.25) is 0 Å². The van der Waals surface area contributed by atoms with Crippen molar-refractivity contribution in [2.75, 3.05) is 19.6 Å². The molecular weight excluding hydrogens is 444 g/mol. The van der Waals surface area contributed by atoms with E-state index in [9.17, 15) is 33.6 Å². The molecule has 3 atom stereocenters. The molecule has 0 saturated carbocycles. The van der Waals surface area contributed by atoms with Crippen LogP contribution in [0.1, 0.15) is 32.1 Å². The fourth-order valence-electron chi connectivity index (χ4n) is 2.94. The van der Waals surface area contributed by atoms with Crippen molar-refractivity contribution in [2.45, 2.75) is 50.2 Å². The van der Waals surface area contributed by atoms with Crippen LogP contribution >= 0.6 is 0 Å². The van der Waals surface area contributed by atoms with Gasteiger partial charge in [-0.1, -0.05) is 0 Å². The summed E-state index contributed by atoms with van der Waals surface area (Å²) in [7, 11) is 0. The minimum atomic E-state index is -1.64. The van der Waals surface area contributed by atoms with E-state index < -0.39 is 79.1 Å². The first-order chi connectivity index (χ1) is 15.5. The number of nitrogens with two attached hydrogens (primary N) is 1. The highest BCUT2D eigenvalue weighted by Crippen LogP contribution is 2.04. The quantitative estimate of drug-likeness (QED) is 0.121. The van der Waals surface area contributed by atoms with Gasteiger partial charge < -0.3 is 42.5 Å². The molecule has 1 aliphatic heterocycles. The summed E-state index contributed by atoms with van der Waals surface area (Å²) in [6.07, 6.45) is -0.00553. The maximum absolute atomic E-state index is 12.6. The molecule has 0 spiro atoms. The topological polar surface area (TPSA) is 246 Å². The van der Waals surface area contributed by atoms with Crippen molar-refractivity contribution in [1.82, 2.24) is 26.6 Å². The van der Waals surface area contributed by atoms with E-state index in [1.54, 1.807) is 0 Å². The molecule has 0 aromatic heterocycles. The standard InChI is InChI=1S/C18H28N6O9/c19-12(25)4-3-10(23-13(26)7-21-16(31)9-2-1-5-20-9)18(33)24-11(6-14(27)28)17(32)22-8-15(29)30/h9-11,20H,1-8H2,(H2,19,25)(H,21,31)(H,22,32)(H,23,26)(H,24,33)(H,27,28)(H,29,30)/t9-,10-,11-/m0/s1. The van der Waals surface area contributed by atoms with Crippen molar-refractivity contribution in [3.63, 3.8) is 0 Å². The summed E-state index contributed by atoms with van der Waals surface area (Å²) in [4.78, 5) is 81.6. The lowest BCUT2D eigenvalue weighted by molar-refractivity contribution is -0.141. The second-order valence-electron chi connectivity index (χ2n) is 7.26. The summed E-state index contributed by atoms with van der Waals surface area (Å²) in [5.41, 5.74) is 5.08. The molecule has 0 bridgehead atoms. The smallest absolute Gasteiger partial charge is 0.322 e. The maximum Gasteiger partial charge on any atom is 0.322 e. The lowest BCUT2D eigenvalue weighted by atomic mass is 10.1. The number of carboxylic acids is 2. The number of amides is 5. The highest BCUT2D eigenvalue weighted by molar-refractivity contribution is 5.95. The fourth-order valence-corrected chi connectivity index (χ4v) is 2.94. The molecule has 0 aromatic carbocycles. The molecule has 15 nitrogen and oxygen atoms in total. The van der Waals surface area contributed by atoms with Crippen molar-refractivity contribution >= 4 is 41.5 Å². The third kappa shape index (κ3) is 10.9. The normalized spacial score (nSPS) is 16.7. The average Bonchev–Trinajstić information content (AvgIpc) is 3.27. The number of carboxylic acid groups (broad SMARTS) is 2. The molecule has 184 valence electrons. The highest BCUT2D eigenvalue weighted by atomic mass is 16.4. The number of hydrogen-bond donors (Lipinski definition) is 8. The molecule has 0 radical (unpaired) electrons. The van der Waals surface area contributed by atoms with Crippen LogP contribution in [0, 0.1) is 0 Å². The Morgan fingerprint density at radius 1 is 0.909 bits per heavy atom. The molecule has 1 fully saturated rings. The van der Waals surface area contributed by atoms with E-state index in [2.05, 4.69) is 21.3 Å². The van der Waals surface area contributed by atoms with E-state index in [4.69, 9.17) is 15.9 Å². The summed E-state index contributed by atoms with van der Waals surface area (Å²) in [5.74, 6) is -6.83. The van der Waals surface area contributed by atoms with E-state index in [1.807, 2.05) is 5.32 Å². The molecule has 0 unspecified atom stereocenters. The predicted molar refractivity (Wildman–Crippen MR) is 109 cm³/mol. The average molecular weight is 472 g/mol. The van der Waals surface area contributed by atoms with Gasteiger partial charge in [0.15, 0.2) is 0 Å². The number of carbonyl (C=O) groups excluding carboxylic acids is 5. The molecule has 1 heterocycles. The minimum absolute atomic E-state index is 0.262. The van der Waals surface area contributed by atoms with Crippen LogP contribution < -0.4 is 32.3 Å². The van der Waals surface area contributed by atoms with Gasteiger partial charge in [-0.05, 0) is 25.8 Å². The van der Waals surface area contributed by atoms with Crippen molar-refractivity contribution in [3.05, 3.63) is 0 Å². The Balaban J connectivity index is 2.76. The van der Waals surface area contributed by atoms with Crippen LogP contribution in [0.25, 0.3) is 0 Å². The third-order valence-electron chi connectivity index (χ3n) is 4.56. The second-order valence-corrected chi connectivity index (χ2v) is 7.26. The molecule has 33 heavy (non-hydrogen) atoms. The molecule has 5 amide bonds. The monoisotopic (exact) mass is 472 g/mol. The Kier molecular flexibility index (Phi) is 11.3. The van der Waals surface area contributed by atoms with Gasteiger partial charge in [-0.25, -0.2) is 0 Å². The summed E-state index contributed by atoms with van der Waals surface area (Å²) in [5, 5.41) is 29.3. The number of carbonyl (C=O) groups is 7. The van der Waals surface area contributed by atoms with Crippen molar-refractivity contribution in [1.29, 1.82) is 0 Å². The number of primary amides is 1. The molecule has 1 aliphatic rings. The first-order valence-electron chi connectivity index (χ1n) is 10.1. The van der Waals surface area contributed by atoms with Gasteiger partial charge in [0.05, 0.1) is 19.0 Å². The van der Waals surface area contributed by atoms with Crippen LogP contribution in [0.5, 0.6) is 0 Å². The highest BCUT2D eigenvalue weighted by Gasteiger charge is 2.29. The zero-order valence-corrected chi connectivity index (χ0v) is 17.7. The van der Waals surface area contributed by atoms with Gasteiger partial charge in [0, 0.05) is 6.42 Å². The first kappa shape index (κ1) is 27.3. The summed E-state index contributed by atoms with van der Waals surface area (Å²) in [6.45, 7) is -0.589. The van der Waals surface area contributed by atoms with Gasteiger partial charge in [0.2, 0.25) is 29.5 Å². The molecule has 1 saturated heterocycles. The van der Waals surface area contributed by atoms with Gasteiger partial charge in [-0.3, -0.25) is 33.6 Å². The number of hydrogen-bond acceptors (Lipinski definition) is 8. The summed E-state index contributed by atoms with van der Waals surface area (Å²) < 4.78 is 0. The van der Waals surface area contributed by atoms with E-state index in [0.717, 1.165) is 6.42 Å². The van der Waals surface area contributed by atoms with Crippen LogP contribution in [0.3, 0.4) is 0 Å².